The fourth-order valence-electron chi connectivity index (χ4n) is 3.59. The Morgan fingerprint density at radius 1 is 1.06 bits per heavy atom. The van der Waals surface area contributed by atoms with Gasteiger partial charge in [-0.3, -0.25) is 4.90 Å². The van der Waals surface area contributed by atoms with Gasteiger partial charge >= 0.3 is 0 Å². The van der Waals surface area contributed by atoms with Crippen LogP contribution in [0.1, 0.15) is 18.1 Å². The Bertz CT molecular complexity index is 1250. The number of pyridine rings is 1. The minimum Gasteiger partial charge on any atom is -0.300 e. The number of amidine groups is 1. The molecule has 5 rings (SSSR count). The van der Waals surface area contributed by atoms with Crippen molar-refractivity contribution in [2.75, 3.05) is 10.7 Å². The van der Waals surface area contributed by atoms with E-state index in [2.05, 4.69) is 75.8 Å². The van der Waals surface area contributed by atoms with Gasteiger partial charge in [-0.05, 0) is 46.2 Å². The monoisotopic (exact) mass is 459 g/mol. The lowest BCUT2D eigenvalue weighted by Gasteiger charge is -2.29. The number of rotatable bonds is 5. The number of aryl methyl sites for hydroxylation is 1. The van der Waals surface area contributed by atoms with Gasteiger partial charge in [0, 0.05) is 23.7 Å². The van der Waals surface area contributed by atoms with E-state index in [1.807, 2.05) is 24.4 Å². The molecule has 7 nitrogen and oxygen atoms in total. The van der Waals surface area contributed by atoms with Gasteiger partial charge in [-0.1, -0.05) is 67.2 Å². The quantitative estimate of drug-likeness (QED) is 0.402. The Balaban J connectivity index is 1.44. The molecule has 1 N–H and O–H groups in total. The highest BCUT2D eigenvalue weighted by Crippen LogP contribution is 2.38. The summed E-state index contributed by atoms with van der Waals surface area (Å²) in [6.45, 7) is 4.91. The Hall–Kier alpha value is -3.17. The fourth-order valence-corrected chi connectivity index (χ4v) is 5.23. The van der Waals surface area contributed by atoms with E-state index in [0.717, 1.165) is 43.9 Å². The molecule has 0 spiro atoms. The molecule has 9 heteroatoms. The molecule has 1 aliphatic rings. The number of tetrazole rings is 1. The zero-order chi connectivity index (χ0) is 21.9. The maximum Gasteiger partial charge on any atom is 0.205 e. The molecule has 0 saturated carbocycles. The Labute approximate surface area is 194 Å². The molecule has 3 heterocycles. The van der Waals surface area contributed by atoms with Crippen LogP contribution in [-0.2, 0) is 6.54 Å². The number of nitrogens with one attached hydrogen (secondary N) is 1. The summed E-state index contributed by atoms with van der Waals surface area (Å²) in [6, 6.07) is 18.8. The van der Waals surface area contributed by atoms with Gasteiger partial charge in [-0.2, -0.15) is 9.61 Å². The van der Waals surface area contributed by atoms with Crippen molar-refractivity contribution in [2.45, 2.75) is 25.3 Å². The molecule has 2 aromatic carbocycles. The second-order valence-corrected chi connectivity index (χ2v) is 9.33. The maximum absolute atomic E-state index is 4.74. The number of fused-ring (bicyclic) bond motifs is 1. The first-order valence-corrected chi connectivity index (χ1v) is 12.0. The zero-order valence-electron chi connectivity index (χ0n) is 17.7. The second-order valence-electron chi connectivity index (χ2n) is 7.30. The average molecular weight is 460 g/mol. The summed E-state index contributed by atoms with van der Waals surface area (Å²) < 4.78 is 4.74. The van der Waals surface area contributed by atoms with Crippen molar-refractivity contribution in [1.82, 2.24) is 25.6 Å². The lowest BCUT2D eigenvalue weighted by molar-refractivity contribution is 0.881. The van der Waals surface area contributed by atoms with Gasteiger partial charge < -0.3 is 0 Å². The third-order valence-corrected chi connectivity index (χ3v) is 6.81. The molecule has 0 unspecified atom stereocenters. The molecule has 160 valence electrons. The fraction of sp³-hybridized carbons (Fsp3) is 0.174. The van der Waals surface area contributed by atoms with E-state index in [-0.39, 0.29) is 0 Å². The Kier molecular flexibility index (Phi) is 5.91. The summed E-state index contributed by atoms with van der Waals surface area (Å²) in [7, 11) is 0. The third kappa shape index (κ3) is 4.13. The Morgan fingerprint density at radius 3 is 2.62 bits per heavy atom. The molecule has 0 fully saturated rings. The first kappa shape index (κ1) is 20.7. The third-order valence-electron chi connectivity index (χ3n) is 5.07. The van der Waals surface area contributed by atoms with Crippen molar-refractivity contribution in [2.24, 2.45) is 4.40 Å². The number of aromatic amines is 1. The predicted molar refractivity (Wildman–Crippen MR) is 132 cm³/mol. The lowest BCUT2D eigenvalue weighted by Crippen LogP contribution is -2.31. The van der Waals surface area contributed by atoms with Crippen LogP contribution in [-0.4, -0.2) is 36.5 Å². The minimum absolute atomic E-state index is 0.589. The molecular weight excluding hydrogens is 438 g/mol. The van der Waals surface area contributed by atoms with Crippen LogP contribution >= 0.6 is 23.7 Å². The van der Waals surface area contributed by atoms with E-state index in [9.17, 15) is 0 Å². The number of thioether (sulfide) groups is 1. The molecule has 0 atom stereocenters. The predicted octanol–water partition coefficient (Wildman–Crippen LogP) is 5.37. The van der Waals surface area contributed by atoms with Crippen LogP contribution in [0.25, 0.3) is 22.5 Å². The molecule has 0 saturated heterocycles. The topological polar surface area (TPSA) is 83.0 Å². The van der Waals surface area contributed by atoms with Crippen LogP contribution in [0, 0.1) is 6.92 Å². The van der Waals surface area contributed by atoms with E-state index in [1.165, 1.54) is 17.5 Å². The van der Waals surface area contributed by atoms with E-state index >= 15 is 0 Å². The van der Waals surface area contributed by atoms with Gasteiger partial charge in [0.15, 0.2) is 5.17 Å². The number of hydrogen-bond donors (Lipinski definition) is 1. The van der Waals surface area contributed by atoms with Crippen molar-refractivity contribution < 1.29 is 0 Å². The molecule has 4 aromatic rings. The minimum atomic E-state index is 0.589. The summed E-state index contributed by atoms with van der Waals surface area (Å²) in [6.07, 6.45) is 1.92. The Morgan fingerprint density at radius 2 is 1.88 bits per heavy atom. The van der Waals surface area contributed by atoms with Gasteiger partial charge in [0.2, 0.25) is 5.82 Å². The van der Waals surface area contributed by atoms with E-state index in [0.29, 0.717) is 12.4 Å². The van der Waals surface area contributed by atoms with Crippen LogP contribution in [0.4, 0.5) is 5.82 Å². The summed E-state index contributed by atoms with van der Waals surface area (Å²) in [4.78, 5) is 8.03. The molecule has 0 bridgehead atoms. The van der Waals surface area contributed by atoms with Crippen LogP contribution in [0.3, 0.4) is 0 Å². The molecule has 0 aliphatic carbocycles. The standard InChI is InChI=1S/C23H21N7S2/c1-3-31-23-27-32-20-12-15(2)13-24-22(20)30(23)14-16-8-10-17(11-9-16)18-6-4-5-7-19(18)21-25-28-29-26-21/h4-13H,3,14H2,1-2H3,(H,25,26,28,29). The van der Waals surface area contributed by atoms with Crippen molar-refractivity contribution in [3.8, 4) is 22.5 Å². The summed E-state index contributed by atoms with van der Waals surface area (Å²) in [5, 5.41) is 15.5. The molecule has 0 radical (unpaired) electrons. The molecule has 1 aliphatic heterocycles. The van der Waals surface area contributed by atoms with E-state index in [4.69, 9.17) is 9.38 Å². The molecule has 2 aromatic heterocycles. The molecular formula is C23H21N7S2. The normalized spacial score (nSPS) is 13.1. The van der Waals surface area contributed by atoms with Crippen molar-refractivity contribution in [3.63, 3.8) is 0 Å². The van der Waals surface area contributed by atoms with Crippen LogP contribution in [0.5, 0.6) is 0 Å². The second kappa shape index (κ2) is 9.13. The van der Waals surface area contributed by atoms with Gasteiger partial charge in [-0.25, -0.2) is 4.98 Å². The number of nitrogens with zero attached hydrogens (tertiary/aromatic N) is 6. The summed E-state index contributed by atoms with van der Waals surface area (Å²) in [5.41, 5.74) is 5.46. The van der Waals surface area contributed by atoms with Crippen molar-refractivity contribution in [3.05, 3.63) is 71.9 Å². The summed E-state index contributed by atoms with van der Waals surface area (Å²) in [5.74, 6) is 2.52. The van der Waals surface area contributed by atoms with Crippen LogP contribution < -0.4 is 4.90 Å². The van der Waals surface area contributed by atoms with E-state index < -0.39 is 0 Å². The maximum atomic E-state index is 4.74. The lowest BCUT2D eigenvalue weighted by atomic mass is 9.98. The average Bonchev–Trinajstić information content (AvgIpc) is 3.36. The summed E-state index contributed by atoms with van der Waals surface area (Å²) >= 11 is 3.25. The molecule has 32 heavy (non-hydrogen) atoms. The molecule has 0 amide bonds. The van der Waals surface area contributed by atoms with Gasteiger partial charge in [0.1, 0.15) is 5.82 Å². The highest BCUT2D eigenvalue weighted by atomic mass is 32.2. The number of H-pyrrole nitrogens is 1. The van der Waals surface area contributed by atoms with Gasteiger partial charge in [0.05, 0.1) is 11.4 Å². The first-order chi connectivity index (χ1) is 15.7. The smallest absolute Gasteiger partial charge is 0.205 e. The van der Waals surface area contributed by atoms with Crippen LogP contribution in [0.2, 0.25) is 0 Å². The highest BCUT2D eigenvalue weighted by Gasteiger charge is 2.24. The van der Waals surface area contributed by atoms with Crippen molar-refractivity contribution >= 4 is 34.7 Å². The largest absolute Gasteiger partial charge is 0.300 e. The number of hydrogen-bond acceptors (Lipinski definition) is 8. The highest BCUT2D eigenvalue weighted by molar-refractivity contribution is 8.15. The number of anilines is 1. The first-order valence-electron chi connectivity index (χ1n) is 10.3. The van der Waals surface area contributed by atoms with Gasteiger partial charge in [0.25, 0.3) is 0 Å². The zero-order valence-corrected chi connectivity index (χ0v) is 19.3. The SMILES string of the molecule is CCSC1=NSc2cc(C)cnc2N1Cc1ccc(-c2ccccc2-c2nn[nH]n2)cc1. The van der Waals surface area contributed by atoms with E-state index in [1.54, 1.807) is 11.8 Å². The number of benzene rings is 2. The van der Waals surface area contributed by atoms with Crippen LogP contribution in [0.15, 0.2) is 70.1 Å². The number of aromatic nitrogens is 5. The van der Waals surface area contributed by atoms with Gasteiger partial charge in [-0.15, -0.1) is 10.2 Å². The van der Waals surface area contributed by atoms with Crippen molar-refractivity contribution in [1.29, 1.82) is 0 Å².